The second-order valence-electron chi connectivity index (χ2n) is 6.21. The highest BCUT2D eigenvalue weighted by Gasteiger charge is 2.13. The second-order valence-corrected chi connectivity index (χ2v) is 7.16. The number of ether oxygens (including phenoxy) is 1. The van der Waals surface area contributed by atoms with Crippen molar-refractivity contribution in [3.63, 3.8) is 0 Å². The van der Waals surface area contributed by atoms with Gasteiger partial charge in [0.2, 0.25) is 5.91 Å². The van der Waals surface area contributed by atoms with Crippen molar-refractivity contribution in [1.29, 1.82) is 0 Å². The lowest BCUT2D eigenvalue weighted by Gasteiger charge is -2.07. The zero-order valence-electron chi connectivity index (χ0n) is 16.4. The van der Waals surface area contributed by atoms with Crippen molar-refractivity contribution >= 4 is 29.3 Å². The van der Waals surface area contributed by atoms with Crippen LogP contribution in [0.4, 0.5) is 10.1 Å². The van der Waals surface area contributed by atoms with E-state index in [-0.39, 0.29) is 29.9 Å². The highest BCUT2D eigenvalue weighted by molar-refractivity contribution is 7.99. The molecule has 0 aliphatic carbocycles. The summed E-state index contributed by atoms with van der Waals surface area (Å²) in [5, 5.41) is 14.1. The molecule has 2 amide bonds. The Morgan fingerprint density at radius 1 is 1.10 bits per heavy atom. The van der Waals surface area contributed by atoms with Crippen molar-refractivity contribution in [2.75, 3.05) is 18.2 Å². The smallest absolute Gasteiger partial charge is 0.251 e. The molecule has 1 heterocycles. The molecule has 0 aliphatic rings. The van der Waals surface area contributed by atoms with Crippen LogP contribution in [0.15, 0.2) is 53.7 Å². The second kappa shape index (κ2) is 9.88. The number of rotatable bonds is 8. The van der Waals surface area contributed by atoms with Gasteiger partial charge in [-0.3, -0.25) is 9.59 Å². The fraction of sp³-hybridized carbons (Fsp3) is 0.200. The van der Waals surface area contributed by atoms with E-state index in [4.69, 9.17) is 4.74 Å². The van der Waals surface area contributed by atoms with E-state index < -0.39 is 0 Å². The molecule has 0 saturated carbocycles. The van der Waals surface area contributed by atoms with E-state index in [1.165, 1.54) is 36.0 Å². The molecule has 0 spiro atoms. The summed E-state index contributed by atoms with van der Waals surface area (Å²) in [5.41, 5.74) is 1.02. The van der Waals surface area contributed by atoms with E-state index in [9.17, 15) is 14.0 Å². The van der Waals surface area contributed by atoms with Gasteiger partial charge in [-0.2, -0.15) is 0 Å². The van der Waals surface area contributed by atoms with Crippen LogP contribution in [0.3, 0.4) is 0 Å². The number of aromatic nitrogens is 3. The van der Waals surface area contributed by atoms with Crippen LogP contribution in [-0.2, 0) is 18.4 Å². The van der Waals surface area contributed by atoms with Gasteiger partial charge in [-0.15, -0.1) is 10.2 Å². The zero-order valence-corrected chi connectivity index (χ0v) is 17.2. The first-order chi connectivity index (χ1) is 14.5. The Labute approximate surface area is 176 Å². The van der Waals surface area contributed by atoms with Gasteiger partial charge in [0.15, 0.2) is 11.0 Å². The number of methoxy groups -OCH3 is 1. The first kappa shape index (κ1) is 21.3. The lowest BCUT2D eigenvalue weighted by molar-refractivity contribution is -0.113. The van der Waals surface area contributed by atoms with Crippen LogP contribution in [0.1, 0.15) is 16.2 Å². The Morgan fingerprint density at radius 3 is 2.47 bits per heavy atom. The van der Waals surface area contributed by atoms with Crippen molar-refractivity contribution < 1.29 is 18.7 Å². The van der Waals surface area contributed by atoms with Crippen LogP contribution in [0.25, 0.3) is 0 Å². The number of carbonyl (C=O) groups is 2. The summed E-state index contributed by atoms with van der Waals surface area (Å²) in [6.07, 6.45) is 0. The summed E-state index contributed by atoms with van der Waals surface area (Å²) < 4.78 is 19.7. The van der Waals surface area contributed by atoms with E-state index in [1.54, 1.807) is 43.0 Å². The lowest BCUT2D eigenvalue weighted by Crippen LogP contribution is -2.24. The molecule has 3 aromatic rings. The summed E-state index contributed by atoms with van der Waals surface area (Å²) in [4.78, 5) is 24.3. The third-order valence-corrected chi connectivity index (χ3v) is 5.16. The van der Waals surface area contributed by atoms with E-state index >= 15 is 0 Å². The Morgan fingerprint density at radius 2 is 1.80 bits per heavy atom. The van der Waals surface area contributed by atoms with Gasteiger partial charge in [-0.1, -0.05) is 11.8 Å². The normalized spacial score (nSPS) is 10.5. The summed E-state index contributed by atoms with van der Waals surface area (Å²) in [7, 11) is 3.32. The molecule has 3 rings (SSSR count). The average Bonchev–Trinajstić information content (AvgIpc) is 3.11. The summed E-state index contributed by atoms with van der Waals surface area (Å²) in [5.74, 6) is 0.482. The summed E-state index contributed by atoms with van der Waals surface area (Å²) in [6, 6.07) is 12.3. The highest BCUT2D eigenvalue weighted by atomic mass is 32.2. The Kier molecular flexibility index (Phi) is 7.02. The SMILES string of the molecule is COc1ccc(C(=O)NCc2nnc(SCC(=O)Nc3ccc(F)cc3)n2C)cc1. The molecule has 0 bridgehead atoms. The van der Waals surface area contributed by atoms with Crippen molar-refractivity contribution in [3.8, 4) is 5.75 Å². The predicted molar refractivity (Wildman–Crippen MR) is 111 cm³/mol. The third kappa shape index (κ3) is 5.57. The minimum Gasteiger partial charge on any atom is -0.497 e. The molecule has 0 fully saturated rings. The third-order valence-electron chi connectivity index (χ3n) is 4.14. The number of amides is 2. The molecule has 8 nitrogen and oxygen atoms in total. The predicted octanol–water partition coefficient (Wildman–Crippen LogP) is 2.62. The first-order valence-electron chi connectivity index (χ1n) is 8.95. The average molecular weight is 429 g/mol. The molecule has 0 unspecified atom stereocenters. The molecule has 10 heteroatoms. The largest absolute Gasteiger partial charge is 0.497 e. The fourth-order valence-corrected chi connectivity index (χ4v) is 3.22. The molecule has 30 heavy (non-hydrogen) atoms. The number of anilines is 1. The van der Waals surface area contributed by atoms with E-state index in [2.05, 4.69) is 20.8 Å². The molecule has 2 N–H and O–H groups in total. The quantitative estimate of drug-likeness (QED) is 0.534. The van der Waals surface area contributed by atoms with Gasteiger partial charge in [0, 0.05) is 18.3 Å². The summed E-state index contributed by atoms with van der Waals surface area (Å²) in [6.45, 7) is 0.191. The maximum Gasteiger partial charge on any atom is 0.251 e. The van der Waals surface area contributed by atoms with Gasteiger partial charge >= 0.3 is 0 Å². The van der Waals surface area contributed by atoms with Crippen LogP contribution in [0.2, 0.25) is 0 Å². The topological polar surface area (TPSA) is 98.1 Å². The monoisotopic (exact) mass is 429 g/mol. The minimum absolute atomic E-state index is 0.113. The van der Waals surface area contributed by atoms with Crippen molar-refractivity contribution in [1.82, 2.24) is 20.1 Å². The van der Waals surface area contributed by atoms with Gasteiger partial charge in [0.25, 0.3) is 5.91 Å². The molecule has 0 atom stereocenters. The zero-order chi connectivity index (χ0) is 21.5. The van der Waals surface area contributed by atoms with E-state index in [1.807, 2.05) is 0 Å². The maximum absolute atomic E-state index is 12.9. The molecule has 0 aliphatic heterocycles. The number of nitrogens with one attached hydrogen (secondary N) is 2. The van der Waals surface area contributed by atoms with Crippen molar-refractivity contribution in [2.45, 2.75) is 11.7 Å². The first-order valence-corrected chi connectivity index (χ1v) is 9.93. The van der Waals surface area contributed by atoms with Gasteiger partial charge in [-0.05, 0) is 48.5 Å². The summed E-state index contributed by atoms with van der Waals surface area (Å²) >= 11 is 1.21. The van der Waals surface area contributed by atoms with Crippen LogP contribution in [0.5, 0.6) is 5.75 Å². The molecule has 0 radical (unpaired) electrons. The molecule has 2 aromatic carbocycles. The van der Waals surface area contributed by atoms with Crippen molar-refractivity contribution in [2.24, 2.45) is 7.05 Å². The van der Waals surface area contributed by atoms with Crippen molar-refractivity contribution in [3.05, 3.63) is 65.7 Å². The van der Waals surface area contributed by atoms with Crippen LogP contribution >= 0.6 is 11.8 Å². The van der Waals surface area contributed by atoms with Crippen LogP contribution in [0, 0.1) is 5.82 Å². The number of benzene rings is 2. The number of hydrogen-bond acceptors (Lipinski definition) is 6. The van der Waals surface area contributed by atoms with Crippen LogP contribution < -0.4 is 15.4 Å². The van der Waals surface area contributed by atoms with E-state index in [0.717, 1.165) is 0 Å². The fourth-order valence-electron chi connectivity index (χ4n) is 2.49. The van der Waals surface area contributed by atoms with Gasteiger partial charge < -0.3 is 19.9 Å². The molecular formula is C20H20FN5O3S. The Balaban J connectivity index is 1.50. The number of thioether (sulfide) groups is 1. The number of hydrogen-bond donors (Lipinski definition) is 2. The molecule has 156 valence electrons. The van der Waals surface area contributed by atoms with Crippen LogP contribution in [-0.4, -0.2) is 39.4 Å². The van der Waals surface area contributed by atoms with Gasteiger partial charge in [-0.25, -0.2) is 4.39 Å². The standard InChI is InChI=1S/C20H20FN5O3S/c1-26-17(11-22-19(28)13-3-9-16(29-2)10-4-13)24-25-20(26)30-12-18(27)23-15-7-5-14(21)6-8-15/h3-10H,11-12H2,1-2H3,(H,22,28)(H,23,27). The molecule has 0 saturated heterocycles. The Bertz CT molecular complexity index is 1020. The van der Waals surface area contributed by atoms with E-state index in [0.29, 0.717) is 28.0 Å². The Hall–Kier alpha value is -3.40. The molecule has 1 aromatic heterocycles. The lowest BCUT2D eigenvalue weighted by atomic mass is 10.2. The number of nitrogens with zero attached hydrogens (tertiary/aromatic N) is 3. The number of carbonyl (C=O) groups excluding carboxylic acids is 2. The minimum atomic E-state index is -0.368. The highest BCUT2D eigenvalue weighted by Crippen LogP contribution is 2.17. The maximum atomic E-state index is 12.9. The molecular weight excluding hydrogens is 409 g/mol. The van der Waals surface area contributed by atoms with Gasteiger partial charge in [0.05, 0.1) is 19.4 Å². The van der Waals surface area contributed by atoms with Gasteiger partial charge in [0.1, 0.15) is 11.6 Å². The number of halogens is 1.